The molecule has 0 nitrogen and oxygen atoms in total. The first-order valence-corrected chi connectivity index (χ1v) is 5.39. The van der Waals surface area contributed by atoms with Gasteiger partial charge in [-0.2, -0.15) is 0 Å². The Bertz CT molecular complexity index is 385. The van der Waals surface area contributed by atoms with E-state index in [1.807, 2.05) is 0 Å². The van der Waals surface area contributed by atoms with Gasteiger partial charge >= 0.3 is 0 Å². The van der Waals surface area contributed by atoms with Gasteiger partial charge in [-0.1, -0.05) is 31.2 Å². The minimum absolute atomic E-state index is 0.740. The second-order valence-corrected chi connectivity index (χ2v) is 4.53. The highest BCUT2D eigenvalue weighted by atomic mass is 14.3. The lowest BCUT2D eigenvalue weighted by atomic mass is 9.92. The van der Waals surface area contributed by atoms with E-state index in [1.54, 1.807) is 11.1 Å². The van der Waals surface area contributed by atoms with Crippen molar-refractivity contribution in [2.45, 2.75) is 39.5 Å². The van der Waals surface area contributed by atoms with Crippen LogP contribution in [0.5, 0.6) is 0 Å². The van der Waals surface area contributed by atoms with Crippen molar-refractivity contribution < 1.29 is 0 Å². The van der Waals surface area contributed by atoms with Gasteiger partial charge in [-0.3, -0.25) is 0 Å². The third-order valence-electron chi connectivity index (χ3n) is 3.40. The van der Waals surface area contributed by atoms with Crippen LogP contribution < -0.4 is 0 Å². The van der Waals surface area contributed by atoms with E-state index in [0.29, 0.717) is 0 Å². The molecule has 0 heterocycles. The second kappa shape index (κ2) is 3.27. The Morgan fingerprint density at radius 1 is 1.43 bits per heavy atom. The van der Waals surface area contributed by atoms with E-state index in [1.165, 1.54) is 29.5 Å². The maximum absolute atomic E-state index is 4.04. The number of aryl methyl sites for hydroxylation is 1. The minimum Gasteiger partial charge on any atom is -0.0955 e. The standard InChI is InChI=1S/C14H18/c1-9(2)13-8-7-12-6-5-10(3)14(12)11(13)4/h7-8,10H,1,5-6H2,2-4H3. The molecule has 0 fully saturated rings. The summed E-state index contributed by atoms with van der Waals surface area (Å²) in [6.07, 6.45) is 2.57. The van der Waals surface area contributed by atoms with E-state index >= 15 is 0 Å². The van der Waals surface area contributed by atoms with Crippen LogP contribution in [-0.2, 0) is 6.42 Å². The smallest absolute Gasteiger partial charge is 0.0182 e. The zero-order valence-electron chi connectivity index (χ0n) is 9.35. The molecule has 0 heteroatoms. The number of hydrogen-bond donors (Lipinski definition) is 0. The third-order valence-corrected chi connectivity index (χ3v) is 3.40. The summed E-state index contributed by atoms with van der Waals surface area (Å²) < 4.78 is 0. The first-order valence-electron chi connectivity index (χ1n) is 5.39. The molecule has 0 saturated heterocycles. The van der Waals surface area contributed by atoms with Gasteiger partial charge in [0, 0.05) is 0 Å². The maximum Gasteiger partial charge on any atom is -0.0182 e. The molecule has 1 aromatic carbocycles. The summed E-state index contributed by atoms with van der Waals surface area (Å²) >= 11 is 0. The SMILES string of the molecule is C=C(C)c1ccc2c(c1C)C(C)CC2. The Hall–Kier alpha value is -1.04. The van der Waals surface area contributed by atoms with Crippen LogP contribution in [0.2, 0.25) is 0 Å². The molecule has 0 bridgehead atoms. The van der Waals surface area contributed by atoms with Crippen molar-refractivity contribution in [1.82, 2.24) is 0 Å². The molecule has 2 rings (SSSR count). The maximum atomic E-state index is 4.04. The van der Waals surface area contributed by atoms with E-state index in [-0.39, 0.29) is 0 Å². The number of allylic oxidation sites excluding steroid dienone is 1. The van der Waals surface area contributed by atoms with Gasteiger partial charge in [0.15, 0.2) is 0 Å². The predicted molar refractivity (Wildman–Crippen MR) is 62.6 cm³/mol. The van der Waals surface area contributed by atoms with Crippen LogP contribution >= 0.6 is 0 Å². The van der Waals surface area contributed by atoms with Crippen molar-refractivity contribution in [1.29, 1.82) is 0 Å². The van der Waals surface area contributed by atoms with E-state index in [9.17, 15) is 0 Å². The van der Waals surface area contributed by atoms with Gasteiger partial charge in [-0.15, -0.1) is 0 Å². The zero-order valence-corrected chi connectivity index (χ0v) is 9.35. The summed E-state index contributed by atoms with van der Waals surface area (Å²) in [7, 11) is 0. The molecule has 0 saturated carbocycles. The fourth-order valence-electron chi connectivity index (χ4n) is 2.67. The molecule has 1 aromatic rings. The average molecular weight is 186 g/mol. The number of hydrogen-bond acceptors (Lipinski definition) is 0. The summed E-state index contributed by atoms with van der Waals surface area (Å²) in [6, 6.07) is 4.52. The molecule has 0 radical (unpaired) electrons. The Balaban J connectivity index is 2.61. The highest BCUT2D eigenvalue weighted by molar-refractivity contribution is 5.67. The van der Waals surface area contributed by atoms with Gasteiger partial charge < -0.3 is 0 Å². The number of fused-ring (bicyclic) bond motifs is 1. The van der Waals surface area contributed by atoms with Crippen LogP contribution in [0.3, 0.4) is 0 Å². The molecular weight excluding hydrogens is 168 g/mol. The van der Waals surface area contributed by atoms with E-state index in [2.05, 4.69) is 39.5 Å². The van der Waals surface area contributed by atoms with E-state index in [4.69, 9.17) is 0 Å². The van der Waals surface area contributed by atoms with Crippen LogP contribution in [0, 0.1) is 6.92 Å². The lowest BCUT2D eigenvalue weighted by Crippen LogP contribution is -1.95. The lowest BCUT2D eigenvalue weighted by molar-refractivity contribution is 0.744. The van der Waals surface area contributed by atoms with Gasteiger partial charge in [0.25, 0.3) is 0 Å². The quantitative estimate of drug-likeness (QED) is 0.620. The molecular formula is C14H18. The van der Waals surface area contributed by atoms with Crippen molar-refractivity contribution >= 4 is 5.57 Å². The molecule has 14 heavy (non-hydrogen) atoms. The normalized spacial score (nSPS) is 19.5. The van der Waals surface area contributed by atoms with Crippen molar-refractivity contribution in [3.8, 4) is 0 Å². The lowest BCUT2D eigenvalue weighted by Gasteiger charge is -2.13. The summed E-state index contributed by atoms with van der Waals surface area (Å²) in [5.41, 5.74) is 7.13. The molecule has 1 unspecified atom stereocenters. The Morgan fingerprint density at radius 3 is 2.79 bits per heavy atom. The monoisotopic (exact) mass is 186 g/mol. The van der Waals surface area contributed by atoms with Crippen molar-refractivity contribution in [3.63, 3.8) is 0 Å². The fraction of sp³-hybridized carbons (Fsp3) is 0.429. The molecule has 74 valence electrons. The molecule has 0 aliphatic heterocycles. The highest BCUT2D eigenvalue weighted by Crippen LogP contribution is 2.37. The van der Waals surface area contributed by atoms with Crippen LogP contribution in [0.25, 0.3) is 5.57 Å². The van der Waals surface area contributed by atoms with Crippen LogP contribution in [0.1, 0.15) is 48.4 Å². The van der Waals surface area contributed by atoms with Gasteiger partial charge in [0.2, 0.25) is 0 Å². The second-order valence-electron chi connectivity index (χ2n) is 4.53. The van der Waals surface area contributed by atoms with E-state index in [0.717, 1.165) is 5.92 Å². The summed E-state index contributed by atoms with van der Waals surface area (Å²) in [5, 5.41) is 0. The molecule has 1 aliphatic rings. The topological polar surface area (TPSA) is 0 Å². The third kappa shape index (κ3) is 1.30. The Kier molecular flexibility index (Phi) is 2.22. The number of benzene rings is 1. The van der Waals surface area contributed by atoms with Crippen molar-refractivity contribution in [2.75, 3.05) is 0 Å². The van der Waals surface area contributed by atoms with E-state index < -0.39 is 0 Å². The van der Waals surface area contributed by atoms with Gasteiger partial charge in [-0.25, -0.2) is 0 Å². The average Bonchev–Trinajstić information content (AvgIpc) is 2.48. The molecule has 0 aromatic heterocycles. The van der Waals surface area contributed by atoms with Crippen LogP contribution in [-0.4, -0.2) is 0 Å². The fourth-order valence-corrected chi connectivity index (χ4v) is 2.67. The Morgan fingerprint density at radius 2 is 2.14 bits per heavy atom. The summed E-state index contributed by atoms with van der Waals surface area (Å²) in [5.74, 6) is 0.740. The molecule has 1 aliphatic carbocycles. The van der Waals surface area contributed by atoms with Gasteiger partial charge in [0.1, 0.15) is 0 Å². The van der Waals surface area contributed by atoms with Gasteiger partial charge in [0.05, 0.1) is 0 Å². The van der Waals surface area contributed by atoms with Gasteiger partial charge in [-0.05, 0) is 54.9 Å². The van der Waals surface area contributed by atoms with Crippen LogP contribution in [0.15, 0.2) is 18.7 Å². The number of rotatable bonds is 1. The first kappa shape index (κ1) is 9.51. The van der Waals surface area contributed by atoms with Crippen molar-refractivity contribution in [2.24, 2.45) is 0 Å². The largest absolute Gasteiger partial charge is 0.0955 e. The van der Waals surface area contributed by atoms with Crippen molar-refractivity contribution in [3.05, 3.63) is 41.0 Å². The molecule has 0 spiro atoms. The minimum atomic E-state index is 0.740. The predicted octanol–water partition coefficient (Wildman–Crippen LogP) is 4.08. The first-order chi connectivity index (χ1) is 6.61. The molecule has 1 atom stereocenters. The highest BCUT2D eigenvalue weighted by Gasteiger charge is 2.21. The van der Waals surface area contributed by atoms with Crippen LogP contribution in [0.4, 0.5) is 0 Å². The summed E-state index contributed by atoms with van der Waals surface area (Å²) in [6.45, 7) is 10.7. The zero-order chi connectivity index (χ0) is 10.3. The summed E-state index contributed by atoms with van der Waals surface area (Å²) in [4.78, 5) is 0. The Labute approximate surface area is 86.7 Å². The molecule has 0 amide bonds. The molecule has 0 N–H and O–H groups in total.